The molecule has 0 saturated heterocycles. The van der Waals surface area contributed by atoms with Crippen molar-refractivity contribution in [3.8, 4) is 0 Å². The number of rotatable bonds is 6. The van der Waals surface area contributed by atoms with Crippen LogP contribution in [0.15, 0.2) is 0 Å². The summed E-state index contributed by atoms with van der Waals surface area (Å²) >= 11 is 0. The maximum absolute atomic E-state index is 11.5. The summed E-state index contributed by atoms with van der Waals surface area (Å²) in [6.07, 6.45) is 6.07. The van der Waals surface area contributed by atoms with Crippen LogP contribution >= 0.6 is 0 Å². The average Bonchev–Trinajstić information content (AvgIpc) is 3.17. The van der Waals surface area contributed by atoms with Crippen LogP contribution in [0.1, 0.15) is 48.7 Å². The highest BCUT2D eigenvalue weighted by Gasteiger charge is 2.25. The fourth-order valence-electron chi connectivity index (χ4n) is 3.20. The number of nitrogens with zero attached hydrogens (tertiary/aromatic N) is 3. The highest BCUT2D eigenvalue weighted by molar-refractivity contribution is 7.88. The molecule has 1 aliphatic heterocycles. The Bertz CT molecular complexity index is 671. The minimum absolute atomic E-state index is 0.420. The van der Waals surface area contributed by atoms with E-state index in [-0.39, 0.29) is 0 Å². The lowest BCUT2D eigenvalue weighted by molar-refractivity contribution is 0.486. The lowest BCUT2D eigenvalue weighted by Gasteiger charge is -2.17. The Labute approximate surface area is 137 Å². The summed E-state index contributed by atoms with van der Waals surface area (Å²) in [7, 11) is -1.55. The molecule has 0 amide bonds. The Hall–Kier alpha value is -1.25. The van der Waals surface area contributed by atoms with Gasteiger partial charge in [-0.05, 0) is 12.8 Å². The highest BCUT2D eigenvalue weighted by Crippen LogP contribution is 2.34. The fraction of sp³-hybridized carbons (Fsp3) is 0.733. The molecular formula is C15H25N5O2S. The number of fused-ring (bicyclic) bond motifs is 1. The van der Waals surface area contributed by atoms with E-state index in [1.165, 1.54) is 36.2 Å². The molecule has 7 nitrogen and oxygen atoms in total. The molecule has 128 valence electrons. The summed E-state index contributed by atoms with van der Waals surface area (Å²) in [5.41, 5.74) is 2.20. The standard InChI is InChI=1S/C15H25N5O2S/c1-20(23(2,21)22)8-7-17-15-12-9-16-10-13(12)18-14(19-15)11-5-3-4-6-11/h11,16H,3-10H2,1-2H3,(H,17,18,19). The normalized spacial score (nSPS) is 18.6. The Kier molecular flexibility index (Phi) is 4.84. The van der Waals surface area contributed by atoms with Crippen LogP contribution in [-0.4, -0.2) is 49.1 Å². The first-order valence-corrected chi connectivity index (χ1v) is 10.1. The van der Waals surface area contributed by atoms with Gasteiger partial charge in [0.15, 0.2) is 0 Å². The largest absolute Gasteiger partial charge is 0.368 e. The number of likely N-dealkylation sites (N-methyl/N-ethyl adjacent to an activating group) is 1. The molecule has 0 aromatic carbocycles. The lowest BCUT2D eigenvalue weighted by Crippen LogP contribution is -2.30. The zero-order valence-electron chi connectivity index (χ0n) is 13.8. The van der Waals surface area contributed by atoms with Gasteiger partial charge in [0.25, 0.3) is 0 Å². The van der Waals surface area contributed by atoms with E-state index in [4.69, 9.17) is 9.97 Å². The van der Waals surface area contributed by atoms with Crippen LogP contribution < -0.4 is 10.6 Å². The number of nitrogens with one attached hydrogen (secondary N) is 2. The molecule has 8 heteroatoms. The molecule has 2 N–H and O–H groups in total. The molecule has 23 heavy (non-hydrogen) atoms. The van der Waals surface area contributed by atoms with Gasteiger partial charge in [0, 0.05) is 44.7 Å². The maximum atomic E-state index is 11.5. The molecule has 1 aliphatic carbocycles. The van der Waals surface area contributed by atoms with E-state index in [9.17, 15) is 8.42 Å². The molecule has 0 unspecified atom stereocenters. The van der Waals surface area contributed by atoms with Crippen LogP contribution in [0.4, 0.5) is 5.82 Å². The molecule has 1 fully saturated rings. The number of hydrogen-bond acceptors (Lipinski definition) is 6. The molecule has 2 heterocycles. The second kappa shape index (κ2) is 6.70. The first-order valence-electron chi connectivity index (χ1n) is 8.20. The third-order valence-electron chi connectivity index (χ3n) is 4.71. The van der Waals surface area contributed by atoms with Crippen molar-refractivity contribution in [1.82, 2.24) is 19.6 Å². The lowest BCUT2D eigenvalue weighted by atomic mass is 10.1. The molecule has 0 bridgehead atoms. The van der Waals surface area contributed by atoms with Gasteiger partial charge in [-0.1, -0.05) is 12.8 Å². The first-order chi connectivity index (χ1) is 10.9. The number of aromatic nitrogens is 2. The zero-order valence-corrected chi connectivity index (χ0v) is 14.6. The van der Waals surface area contributed by atoms with Crippen molar-refractivity contribution in [1.29, 1.82) is 0 Å². The summed E-state index contributed by atoms with van der Waals surface area (Å²) in [5, 5.41) is 6.64. The number of sulfonamides is 1. The quantitative estimate of drug-likeness (QED) is 0.805. The summed E-state index contributed by atoms with van der Waals surface area (Å²) in [6.45, 7) is 2.51. The van der Waals surface area contributed by atoms with Gasteiger partial charge in [-0.2, -0.15) is 0 Å². The van der Waals surface area contributed by atoms with E-state index in [2.05, 4.69) is 10.6 Å². The first kappa shape index (κ1) is 16.6. The van der Waals surface area contributed by atoms with Crippen molar-refractivity contribution in [2.24, 2.45) is 0 Å². The molecule has 2 aliphatic rings. The van der Waals surface area contributed by atoms with Gasteiger partial charge in [-0.25, -0.2) is 22.7 Å². The van der Waals surface area contributed by atoms with Gasteiger partial charge < -0.3 is 10.6 Å². The second-order valence-corrected chi connectivity index (χ2v) is 8.54. The van der Waals surface area contributed by atoms with Crippen LogP contribution in [0.2, 0.25) is 0 Å². The molecule has 1 aromatic rings. The minimum atomic E-state index is -3.14. The van der Waals surface area contributed by atoms with Gasteiger partial charge in [-0.3, -0.25) is 0 Å². The van der Waals surface area contributed by atoms with E-state index in [1.54, 1.807) is 7.05 Å². The van der Waals surface area contributed by atoms with Crippen molar-refractivity contribution >= 4 is 15.8 Å². The van der Waals surface area contributed by atoms with Gasteiger partial charge in [0.2, 0.25) is 10.0 Å². The molecule has 0 spiro atoms. The van der Waals surface area contributed by atoms with Crippen molar-refractivity contribution < 1.29 is 8.42 Å². The van der Waals surface area contributed by atoms with E-state index >= 15 is 0 Å². The molecule has 0 atom stereocenters. The molecular weight excluding hydrogens is 314 g/mol. The molecule has 1 aromatic heterocycles. The number of anilines is 1. The summed E-state index contributed by atoms with van der Waals surface area (Å²) in [5.74, 6) is 2.29. The van der Waals surface area contributed by atoms with Gasteiger partial charge in [0.1, 0.15) is 11.6 Å². The third kappa shape index (κ3) is 3.81. The van der Waals surface area contributed by atoms with Crippen LogP contribution in [0, 0.1) is 0 Å². The predicted octanol–water partition coefficient (Wildman–Crippen LogP) is 1.04. The third-order valence-corrected chi connectivity index (χ3v) is 6.02. The SMILES string of the molecule is CN(CCNc1nc(C2CCCC2)nc2c1CNC2)S(C)(=O)=O. The molecule has 1 saturated carbocycles. The van der Waals surface area contributed by atoms with Crippen molar-refractivity contribution in [3.63, 3.8) is 0 Å². The van der Waals surface area contributed by atoms with E-state index in [0.29, 0.717) is 19.0 Å². The Morgan fingerprint density at radius 2 is 2.00 bits per heavy atom. The predicted molar refractivity (Wildman–Crippen MR) is 89.7 cm³/mol. The number of hydrogen-bond donors (Lipinski definition) is 2. The Balaban J connectivity index is 1.73. The Morgan fingerprint density at radius 3 is 2.70 bits per heavy atom. The van der Waals surface area contributed by atoms with Crippen LogP contribution in [0.25, 0.3) is 0 Å². The topological polar surface area (TPSA) is 87.2 Å². The fourth-order valence-corrected chi connectivity index (χ4v) is 3.62. The van der Waals surface area contributed by atoms with Crippen LogP contribution in [0.5, 0.6) is 0 Å². The monoisotopic (exact) mass is 339 g/mol. The van der Waals surface area contributed by atoms with Gasteiger partial charge >= 0.3 is 0 Å². The minimum Gasteiger partial charge on any atom is -0.368 e. The summed E-state index contributed by atoms with van der Waals surface area (Å²) < 4.78 is 24.2. The van der Waals surface area contributed by atoms with E-state index in [1.807, 2.05) is 0 Å². The second-order valence-electron chi connectivity index (χ2n) is 6.45. The molecule has 0 radical (unpaired) electrons. The van der Waals surface area contributed by atoms with Crippen LogP contribution in [-0.2, 0) is 23.1 Å². The van der Waals surface area contributed by atoms with Crippen molar-refractivity contribution in [3.05, 3.63) is 17.1 Å². The van der Waals surface area contributed by atoms with Crippen LogP contribution in [0.3, 0.4) is 0 Å². The average molecular weight is 339 g/mol. The van der Waals surface area contributed by atoms with Gasteiger partial charge in [0.05, 0.1) is 11.9 Å². The van der Waals surface area contributed by atoms with E-state index in [0.717, 1.165) is 36.0 Å². The highest BCUT2D eigenvalue weighted by atomic mass is 32.2. The smallest absolute Gasteiger partial charge is 0.211 e. The Morgan fingerprint density at radius 1 is 1.26 bits per heavy atom. The van der Waals surface area contributed by atoms with Crippen molar-refractivity contribution in [2.45, 2.75) is 44.7 Å². The summed E-state index contributed by atoms with van der Waals surface area (Å²) in [6, 6.07) is 0. The summed E-state index contributed by atoms with van der Waals surface area (Å²) in [4.78, 5) is 9.51. The molecule has 3 rings (SSSR count). The van der Waals surface area contributed by atoms with E-state index < -0.39 is 10.0 Å². The van der Waals surface area contributed by atoms with Crippen molar-refractivity contribution in [2.75, 3.05) is 31.7 Å². The zero-order chi connectivity index (χ0) is 16.4. The maximum Gasteiger partial charge on any atom is 0.211 e. The van der Waals surface area contributed by atoms with Gasteiger partial charge in [-0.15, -0.1) is 0 Å².